The van der Waals surface area contributed by atoms with E-state index in [1.54, 1.807) is 0 Å². The molecule has 2 rings (SSSR count). The summed E-state index contributed by atoms with van der Waals surface area (Å²) in [5, 5.41) is 9.42. The van der Waals surface area contributed by atoms with Crippen LogP contribution in [0.15, 0.2) is 18.2 Å². The molecule has 0 aliphatic carbocycles. The van der Waals surface area contributed by atoms with E-state index in [1.807, 2.05) is 13.8 Å². The summed E-state index contributed by atoms with van der Waals surface area (Å²) in [5.41, 5.74) is 0.290. The predicted molar refractivity (Wildman–Crippen MR) is 83.2 cm³/mol. The number of halogens is 1. The molecule has 0 radical (unpaired) electrons. The smallest absolute Gasteiger partial charge is 0.323 e. The van der Waals surface area contributed by atoms with Crippen molar-refractivity contribution < 1.29 is 23.8 Å². The Bertz CT molecular complexity index is 739. The zero-order chi connectivity index (χ0) is 17.1. The van der Waals surface area contributed by atoms with E-state index < -0.39 is 24.2 Å². The lowest BCUT2D eigenvalue weighted by atomic mass is 10.2. The first-order chi connectivity index (χ1) is 10.8. The van der Waals surface area contributed by atoms with Crippen LogP contribution in [0.5, 0.6) is 5.75 Å². The Morgan fingerprint density at radius 2 is 2.09 bits per heavy atom. The number of carbonyl (C=O) groups is 2. The number of nitrogens with one attached hydrogen (secondary N) is 1. The molecule has 2 N–H and O–H groups in total. The van der Waals surface area contributed by atoms with Crippen LogP contribution in [0.4, 0.5) is 4.39 Å². The molecule has 124 valence electrons. The topological polar surface area (TPSA) is 82.6 Å². The van der Waals surface area contributed by atoms with Gasteiger partial charge in [-0.25, -0.2) is 4.39 Å². The van der Waals surface area contributed by atoms with E-state index in [0.717, 1.165) is 0 Å². The Morgan fingerprint density at radius 1 is 1.39 bits per heavy atom. The lowest BCUT2D eigenvalue weighted by Crippen LogP contribution is -2.38. The predicted octanol–water partition coefficient (Wildman–Crippen LogP) is 2.50. The molecular weight excluding hydrogens is 303 g/mol. The van der Waals surface area contributed by atoms with E-state index >= 15 is 0 Å². The minimum atomic E-state index is -1.10. The number of ether oxygens (including phenoxy) is 1. The molecule has 0 unspecified atom stereocenters. The molecule has 0 aliphatic heterocycles. The van der Waals surface area contributed by atoms with Gasteiger partial charge in [0.25, 0.3) is 5.91 Å². The van der Waals surface area contributed by atoms with Crippen LogP contribution in [0, 0.1) is 11.7 Å². The Morgan fingerprint density at radius 3 is 2.65 bits per heavy atom. The Kier molecular flexibility index (Phi) is 4.88. The van der Waals surface area contributed by atoms with E-state index in [4.69, 9.17) is 9.84 Å². The second kappa shape index (κ2) is 6.68. The average molecular weight is 322 g/mol. The maximum Gasteiger partial charge on any atom is 0.323 e. The standard InChI is InChI=1S/C16H19FN2O4/c1-9(2)7-19(8-14(20)21)16(22)12-6-10-13(23-3)5-4-11(17)15(10)18-12/h4-6,9,18H,7-8H2,1-3H3,(H,20,21). The number of H-pyrrole nitrogens is 1. The highest BCUT2D eigenvalue weighted by molar-refractivity contribution is 6.00. The number of carbonyl (C=O) groups excluding carboxylic acids is 1. The fourth-order valence-corrected chi connectivity index (χ4v) is 2.45. The summed E-state index contributed by atoms with van der Waals surface area (Å²) in [6.07, 6.45) is 0. The van der Waals surface area contributed by atoms with Gasteiger partial charge in [0, 0.05) is 11.9 Å². The molecule has 0 saturated carbocycles. The first-order valence-electron chi connectivity index (χ1n) is 7.19. The van der Waals surface area contributed by atoms with Crippen molar-refractivity contribution in [3.8, 4) is 5.75 Å². The van der Waals surface area contributed by atoms with Gasteiger partial charge < -0.3 is 19.7 Å². The molecule has 1 amide bonds. The number of aliphatic carboxylic acids is 1. The normalized spacial score (nSPS) is 11.0. The summed E-state index contributed by atoms with van der Waals surface area (Å²) in [5.74, 6) is -1.55. The van der Waals surface area contributed by atoms with E-state index in [0.29, 0.717) is 17.7 Å². The minimum Gasteiger partial charge on any atom is -0.496 e. The SMILES string of the molecule is COc1ccc(F)c2[nH]c(C(=O)N(CC(=O)O)CC(C)C)cc12. The van der Waals surface area contributed by atoms with E-state index in [2.05, 4.69) is 4.98 Å². The number of methoxy groups -OCH3 is 1. The van der Waals surface area contributed by atoms with E-state index in [1.165, 1.54) is 30.2 Å². The van der Waals surface area contributed by atoms with Gasteiger partial charge in [-0.3, -0.25) is 9.59 Å². The summed E-state index contributed by atoms with van der Waals surface area (Å²) in [7, 11) is 1.46. The highest BCUT2D eigenvalue weighted by Gasteiger charge is 2.22. The molecule has 0 fully saturated rings. The number of amides is 1. The summed E-state index contributed by atoms with van der Waals surface area (Å²) in [6, 6.07) is 4.20. The van der Waals surface area contributed by atoms with Crippen molar-refractivity contribution in [3.63, 3.8) is 0 Å². The molecule has 0 bridgehead atoms. The van der Waals surface area contributed by atoms with Crippen molar-refractivity contribution in [1.29, 1.82) is 0 Å². The van der Waals surface area contributed by atoms with Crippen molar-refractivity contribution in [2.24, 2.45) is 5.92 Å². The van der Waals surface area contributed by atoms with Crippen LogP contribution in [0.1, 0.15) is 24.3 Å². The number of hydrogen-bond donors (Lipinski definition) is 2. The molecule has 1 heterocycles. The number of aromatic amines is 1. The summed E-state index contributed by atoms with van der Waals surface area (Å²) >= 11 is 0. The fourth-order valence-electron chi connectivity index (χ4n) is 2.45. The van der Waals surface area contributed by atoms with Crippen LogP contribution in [-0.2, 0) is 4.79 Å². The number of carboxylic acids is 1. The first-order valence-corrected chi connectivity index (χ1v) is 7.19. The molecular formula is C16H19FN2O4. The van der Waals surface area contributed by atoms with Crippen LogP contribution >= 0.6 is 0 Å². The van der Waals surface area contributed by atoms with Crippen LogP contribution in [0.25, 0.3) is 10.9 Å². The lowest BCUT2D eigenvalue weighted by molar-refractivity contribution is -0.137. The van der Waals surface area contributed by atoms with Crippen molar-refractivity contribution >= 4 is 22.8 Å². The highest BCUT2D eigenvalue weighted by Crippen LogP contribution is 2.28. The van der Waals surface area contributed by atoms with Gasteiger partial charge in [0.1, 0.15) is 23.8 Å². The Labute approximate surface area is 132 Å². The van der Waals surface area contributed by atoms with Gasteiger partial charge in [-0.05, 0) is 24.1 Å². The van der Waals surface area contributed by atoms with Gasteiger partial charge in [-0.15, -0.1) is 0 Å². The Balaban J connectivity index is 2.42. The molecule has 1 aromatic carbocycles. The van der Waals surface area contributed by atoms with Crippen LogP contribution in [-0.4, -0.2) is 47.1 Å². The Hall–Kier alpha value is -2.57. The summed E-state index contributed by atoms with van der Waals surface area (Å²) in [6.45, 7) is 3.65. The molecule has 0 saturated heterocycles. The maximum atomic E-state index is 13.9. The number of nitrogens with zero attached hydrogens (tertiary/aromatic N) is 1. The summed E-state index contributed by atoms with van der Waals surface area (Å²) in [4.78, 5) is 27.5. The first kappa shape index (κ1) is 16.8. The molecule has 0 atom stereocenters. The van der Waals surface area contributed by atoms with E-state index in [9.17, 15) is 14.0 Å². The van der Waals surface area contributed by atoms with Crippen LogP contribution in [0.3, 0.4) is 0 Å². The third kappa shape index (κ3) is 3.61. The lowest BCUT2D eigenvalue weighted by Gasteiger charge is -2.22. The quantitative estimate of drug-likeness (QED) is 0.856. The van der Waals surface area contributed by atoms with Crippen molar-refractivity contribution in [1.82, 2.24) is 9.88 Å². The van der Waals surface area contributed by atoms with Crippen LogP contribution < -0.4 is 4.74 Å². The fraction of sp³-hybridized carbons (Fsp3) is 0.375. The number of rotatable bonds is 6. The van der Waals surface area contributed by atoms with Gasteiger partial charge in [-0.2, -0.15) is 0 Å². The molecule has 6 nitrogen and oxygen atoms in total. The molecule has 2 aromatic rings. The number of aromatic nitrogens is 1. The van der Waals surface area contributed by atoms with Gasteiger partial charge >= 0.3 is 5.97 Å². The van der Waals surface area contributed by atoms with Gasteiger partial charge in [0.15, 0.2) is 0 Å². The van der Waals surface area contributed by atoms with Gasteiger partial charge in [0.05, 0.1) is 12.6 Å². The second-order valence-electron chi connectivity index (χ2n) is 5.69. The molecule has 23 heavy (non-hydrogen) atoms. The molecule has 1 aromatic heterocycles. The third-order valence-electron chi connectivity index (χ3n) is 3.35. The third-order valence-corrected chi connectivity index (χ3v) is 3.35. The van der Waals surface area contributed by atoms with Crippen molar-refractivity contribution in [2.75, 3.05) is 20.2 Å². The van der Waals surface area contributed by atoms with Crippen molar-refractivity contribution in [2.45, 2.75) is 13.8 Å². The minimum absolute atomic E-state index is 0.106. The molecule has 0 aliphatic rings. The average Bonchev–Trinajstić information content (AvgIpc) is 2.91. The van der Waals surface area contributed by atoms with Gasteiger partial charge in [0.2, 0.25) is 0 Å². The van der Waals surface area contributed by atoms with Crippen LogP contribution in [0.2, 0.25) is 0 Å². The number of benzene rings is 1. The number of fused-ring (bicyclic) bond motifs is 1. The highest BCUT2D eigenvalue weighted by atomic mass is 19.1. The van der Waals surface area contributed by atoms with Crippen molar-refractivity contribution in [3.05, 3.63) is 29.7 Å². The molecule has 0 spiro atoms. The monoisotopic (exact) mass is 322 g/mol. The number of hydrogen-bond acceptors (Lipinski definition) is 3. The summed E-state index contributed by atoms with van der Waals surface area (Å²) < 4.78 is 19.1. The molecule has 7 heteroatoms. The second-order valence-corrected chi connectivity index (χ2v) is 5.69. The maximum absolute atomic E-state index is 13.9. The van der Waals surface area contributed by atoms with Gasteiger partial charge in [-0.1, -0.05) is 13.8 Å². The number of carboxylic acid groups (broad SMARTS) is 1. The zero-order valence-corrected chi connectivity index (χ0v) is 13.2. The largest absolute Gasteiger partial charge is 0.496 e. The van der Waals surface area contributed by atoms with E-state index in [-0.39, 0.29) is 17.1 Å². The zero-order valence-electron chi connectivity index (χ0n) is 13.2.